The van der Waals surface area contributed by atoms with E-state index in [1.807, 2.05) is 24.3 Å². The number of carboxylic acid groups (broad SMARTS) is 1. The van der Waals surface area contributed by atoms with Gasteiger partial charge in [0.2, 0.25) is 5.13 Å². The van der Waals surface area contributed by atoms with E-state index >= 15 is 0 Å². The van der Waals surface area contributed by atoms with Crippen molar-refractivity contribution in [3.05, 3.63) is 59.1 Å². The zero-order valence-corrected chi connectivity index (χ0v) is 13.2. The van der Waals surface area contributed by atoms with Crippen LogP contribution in [0.25, 0.3) is 11.3 Å². The highest BCUT2D eigenvalue weighted by Crippen LogP contribution is 2.19. The number of benzene rings is 1. The van der Waals surface area contributed by atoms with Crippen LogP contribution in [0.4, 0.5) is 10.9 Å². The second kappa shape index (κ2) is 6.88. The van der Waals surface area contributed by atoms with Crippen LogP contribution in [0.15, 0.2) is 53.1 Å². The molecule has 0 spiro atoms. The Kier molecular flexibility index (Phi) is 4.48. The van der Waals surface area contributed by atoms with Gasteiger partial charge in [-0.2, -0.15) is 5.10 Å². The van der Waals surface area contributed by atoms with E-state index in [0.717, 1.165) is 11.1 Å². The molecule has 120 valence electrons. The zero-order chi connectivity index (χ0) is 16.9. The van der Waals surface area contributed by atoms with Crippen molar-refractivity contribution in [3.8, 4) is 11.3 Å². The van der Waals surface area contributed by atoms with E-state index in [-0.39, 0.29) is 5.56 Å². The third-order valence-electron chi connectivity index (χ3n) is 3.11. The van der Waals surface area contributed by atoms with Gasteiger partial charge in [-0.15, -0.1) is 11.3 Å². The molecular weight excluding hydrogens is 326 g/mol. The molecule has 0 aliphatic rings. The monoisotopic (exact) mass is 339 g/mol. The van der Waals surface area contributed by atoms with Crippen LogP contribution in [-0.2, 0) is 0 Å². The van der Waals surface area contributed by atoms with Gasteiger partial charge in [0, 0.05) is 17.1 Å². The smallest absolute Gasteiger partial charge is 0.335 e. The van der Waals surface area contributed by atoms with Gasteiger partial charge in [0.25, 0.3) is 0 Å². The molecule has 24 heavy (non-hydrogen) atoms. The lowest BCUT2D eigenvalue weighted by Crippen LogP contribution is -1.97. The Balaban J connectivity index is 1.71. The summed E-state index contributed by atoms with van der Waals surface area (Å²) in [5.41, 5.74) is 10.8. The van der Waals surface area contributed by atoms with Crippen LogP contribution >= 0.6 is 11.3 Å². The number of carboxylic acids is 1. The number of hydrogen-bond donors (Lipinski definition) is 3. The third kappa shape index (κ3) is 3.73. The molecule has 0 saturated heterocycles. The maximum absolute atomic E-state index is 11.0. The second-order valence-electron chi connectivity index (χ2n) is 4.80. The number of anilines is 2. The topological polar surface area (TPSA) is 113 Å². The van der Waals surface area contributed by atoms with Crippen molar-refractivity contribution in [2.24, 2.45) is 5.10 Å². The van der Waals surface area contributed by atoms with Crippen LogP contribution in [-0.4, -0.2) is 27.3 Å². The molecule has 0 aliphatic heterocycles. The summed E-state index contributed by atoms with van der Waals surface area (Å²) >= 11 is 1.37. The molecule has 0 saturated carbocycles. The first-order chi connectivity index (χ1) is 11.6. The van der Waals surface area contributed by atoms with Crippen molar-refractivity contribution in [2.75, 3.05) is 11.2 Å². The molecule has 7 nitrogen and oxygen atoms in total. The molecule has 0 unspecified atom stereocenters. The first-order valence-corrected chi connectivity index (χ1v) is 7.79. The molecule has 2 aromatic heterocycles. The molecule has 0 bridgehead atoms. The molecule has 2 heterocycles. The van der Waals surface area contributed by atoms with E-state index in [0.29, 0.717) is 16.6 Å². The summed E-state index contributed by atoms with van der Waals surface area (Å²) in [5, 5.41) is 15.5. The summed E-state index contributed by atoms with van der Waals surface area (Å²) in [6, 6.07) is 10.5. The number of nitrogens with zero attached hydrogens (tertiary/aromatic N) is 3. The minimum atomic E-state index is -0.976. The summed E-state index contributed by atoms with van der Waals surface area (Å²) in [6.07, 6.45) is 3.14. The van der Waals surface area contributed by atoms with Gasteiger partial charge < -0.3 is 10.8 Å². The van der Waals surface area contributed by atoms with E-state index in [9.17, 15) is 4.79 Å². The molecule has 1 aromatic carbocycles. The van der Waals surface area contributed by atoms with E-state index in [2.05, 4.69) is 20.5 Å². The van der Waals surface area contributed by atoms with Crippen LogP contribution in [0.2, 0.25) is 0 Å². The number of nitrogen functional groups attached to an aromatic ring is 1. The lowest BCUT2D eigenvalue weighted by Gasteiger charge is -2.02. The van der Waals surface area contributed by atoms with Crippen LogP contribution in [0.5, 0.6) is 0 Å². The molecule has 0 amide bonds. The SMILES string of the molecule is Nc1csc(NN=Cc2ccc(-c3cc(C(=O)O)ccn3)cc2)n1. The standard InChI is InChI=1S/C16H13N5O2S/c17-14-9-24-16(20-14)21-19-8-10-1-3-11(4-2-10)13-7-12(15(22)23)5-6-18-13/h1-9H,17H2,(H,20,21)(H,22,23). The van der Waals surface area contributed by atoms with Crippen molar-refractivity contribution < 1.29 is 9.90 Å². The highest BCUT2D eigenvalue weighted by molar-refractivity contribution is 7.14. The van der Waals surface area contributed by atoms with Gasteiger partial charge in [-0.3, -0.25) is 10.4 Å². The summed E-state index contributed by atoms with van der Waals surface area (Å²) < 4.78 is 0. The summed E-state index contributed by atoms with van der Waals surface area (Å²) in [6.45, 7) is 0. The predicted octanol–water partition coefficient (Wildman–Crippen LogP) is 2.93. The van der Waals surface area contributed by atoms with Gasteiger partial charge in [-0.25, -0.2) is 9.78 Å². The van der Waals surface area contributed by atoms with Crippen molar-refractivity contribution in [1.82, 2.24) is 9.97 Å². The molecule has 3 aromatic rings. The van der Waals surface area contributed by atoms with Gasteiger partial charge >= 0.3 is 5.97 Å². The maximum Gasteiger partial charge on any atom is 0.335 e. The lowest BCUT2D eigenvalue weighted by atomic mass is 10.1. The van der Waals surface area contributed by atoms with E-state index < -0.39 is 5.97 Å². The largest absolute Gasteiger partial charge is 0.478 e. The summed E-state index contributed by atoms with van der Waals surface area (Å²) in [5.74, 6) is -0.519. The number of rotatable bonds is 5. The van der Waals surface area contributed by atoms with Crippen molar-refractivity contribution in [1.29, 1.82) is 0 Å². The molecule has 3 rings (SSSR count). The maximum atomic E-state index is 11.0. The fourth-order valence-corrected chi connectivity index (χ4v) is 2.51. The van der Waals surface area contributed by atoms with Crippen LogP contribution < -0.4 is 11.2 Å². The fraction of sp³-hybridized carbons (Fsp3) is 0. The Morgan fingerprint density at radius 2 is 2.08 bits per heavy atom. The molecule has 0 fully saturated rings. The van der Waals surface area contributed by atoms with Gasteiger partial charge in [0.1, 0.15) is 5.82 Å². The molecule has 0 aliphatic carbocycles. The van der Waals surface area contributed by atoms with Gasteiger partial charge in [-0.05, 0) is 17.7 Å². The Morgan fingerprint density at radius 1 is 1.29 bits per heavy atom. The molecule has 0 atom stereocenters. The number of hydrogen-bond acceptors (Lipinski definition) is 7. The Labute approximate surface area is 141 Å². The number of nitrogens with one attached hydrogen (secondary N) is 1. The Hall–Kier alpha value is -3.26. The number of thiazole rings is 1. The van der Waals surface area contributed by atoms with Crippen molar-refractivity contribution >= 4 is 34.5 Å². The van der Waals surface area contributed by atoms with E-state index in [1.165, 1.54) is 23.6 Å². The lowest BCUT2D eigenvalue weighted by molar-refractivity contribution is 0.0697. The normalized spacial score (nSPS) is 10.8. The Morgan fingerprint density at radius 3 is 2.75 bits per heavy atom. The molecule has 8 heteroatoms. The molecule has 0 radical (unpaired) electrons. The zero-order valence-electron chi connectivity index (χ0n) is 12.4. The first-order valence-electron chi connectivity index (χ1n) is 6.92. The average molecular weight is 339 g/mol. The Bertz CT molecular complexity index is 889. The molecule has 4 N–H and O–H groups in total. The average Bonchev–Trinajstić information content (AvgIpc) is 3.01. The number of pyridine rings is 1. The minimum Gasteiger partial charge on any atom is -0.478 e. The quantitative estimate of drug-likeness (QED) is 0.486. The summed E-state index contributed by atoms with van der Waals surface area (Å²) in [7, 11) is 0. The number of aromatic carboxylic acids is 1. The van der Waals surface area contributed by atoms with Gasteiger partial charge in [0.05, 0.1) is 17.5 Å². The fourth-order valence-electron chi connectivity index (χ4n) is 1.96. The highest BCUT2D eigenvalue weighted by Gasteiger charge is 2.05. The number of nitrogens with two attached hydrogens (primary N) is 1. The van der Waals surface area contributed by atoms with Crippen molar-refractivity contribution in [2.45, 2.75) is 0 Å². The minimum absolute atomic E-state index is 0.206. The third-order valence-corrected chi connectivity index (χ3v) is 3.87. The van der Waals surface area contributed by atoms with E-state index in [1.54, 1.807) is 17.7 Å². The van der Waals surface area contributed by atoms with Crippen LogP contribution in [0, 0.1) is 0 Å². The van der Waals surface area contributed by atoms with Crippen LogP contribution in [0.1, 0.15) is 15.9 Å². The van der Waals surface area contributed by atoms with Gasteiger partial charge in [-0.1, -0.05) is 24.3 Å². The number of carbonyl (C=O) groups is 1. The van der Waals surface area contributed by atoms with Gasteiger partial charge in [0.15, 0.2) is 0 Å². The van der Waals surface area contributed by atoms with Crippen molar-refractivity contribution in [3.63, 3.8) is 0 Å². The number of aromatic nitrogens is 2. The number of hydrazone groups is 1. The predicted molar refractivity (Wildman–Crippen MR) is 94.4 cm³/mol. The van der Waals surface area contributed by atoms with Crippen LogP contribution in [0.3, 0.4) is 0 Å². The molecular formula is C16H13N5O2S. The first kappa shape index (κ1) is 15.6. The second-order valence-corrected chi connectivity index (χ2v) is 5.66. The van der Waals surface area contributed by atoms with E-state index in [4.69, 9.17) is 10.8 Å². The highest BCUT2D eigenvalue weighted by atomic mass is 32.1. The summed E-state index contributed by atoms with van der Waals surface area (Å²) in [4.78, 5) is 19.2.